The minimum Gasteiger partial charge on any atom is -0.473 e. The van der Waals surface area contributed by atoms with Crippen LogP contribution in [0, 0.1) is 0 Å². The molecule has 0 heterocycles. The lowest BCUT2D eigenvalue weighted by Crippen LogP contribution is -2.07. The molecule has 0 aliphatic rings. The molecule has 0 saturated heterocycles. The summed E-state index contributed by atoms with van der Waals surface area (Å²) in [4.78, 5) is 0. The molecule has 0 radical (unpaired) electrons. The average molecular weight is 200 g/mol. The van der Waals surface area contributed by atoms with Crippen molar-refractivity contribution >= 4 is 0 Å². The minimum atomic E-state index is -0.650. The molecule has 0 aromatic carbocycles. The van der Waals surface area contributed by atoms with E-state index in [1.54, 1.807) is 0 Å². The predicted octanol–water partition coefficient (Wildman–Crippen LogP) is 3.61. The molecule has 2 heteroatoms. The molecule has 1 N–H and O–H groups in total. The summed E-state index contributed by atoms with van der Waals surface area (Å²) in [6.45, 7) is 5.62. The van der Waals surface area contributed by atoms with E-state index >= 15 is 0 Å². The summed E-state index contributed by atoms with van der Waals surface area (Å²) in [5.74, 6) is 0. The second-order valence-electron chi connectivity index (χ2n) is 3.67. The van der Waals surface area contributed by atoms with Crippen LogP contribution in [0.3, 0.4) is 0 Å². The van der Waals surface area contributed by atoms with Crippen LogP contribution in [-0.2, 0) is 4.74 Å². The van der Waals surface area contributed by atoms with E-state index < -0.39 is 6.29 Å². The Morgan fingerprint density at radius 1 is 1.14 bits per heavy atom. The zero-order valence-electron chi connectivity index (χ0n) is 9.37. The quantitative estimate of drug-likeness (QED) is 0.331. The van der Waals surface area contributed by atoms with Crippen LogP contribution in [0.25, 0.3) is 0 Å². The normalized spacial score (nSPS) is 12.4. The Balaban J connectivity index is 3.01. The Bertz CT molecular complexity index is 123. The molecule has 1 atom stereocenters. The van der Waals surface area contributed by atoms with Gasteiger partial charge in [0.05, 0.1) is 6.26 Å². The van der Waals surface area contributed by atoms with Crippen LogP contribution >= 0.6 is 0 Å². The third-order valence-electron chi connectivity index (χ3n) is 2.31. The summed E-state index contributed by atoms with van der Waals surface area (Å²) < 4.78 is 4.81. The summed E-state index contributed by atoms with van der Waals surface area (Å²) in [6, 6.07) is 0. The van der Waals surface area contributed by atoms with Gasteiger partial charge < -0.3 is 9.84 Å². The lowest BCUT2D eigenvalue weighted by atomic mass is 10.1. The molecule has 0 fully saturated rings. The van der Waals surface area contributed by atoms with Gasteiger partial charge in [-0.3, -0.25) is 0 Å². The Kier molecular flexibility index (Phi) is 10.2. The van der Waals surface area contributed by atoms with Crippen molar-refractivity contribution in [1.82, 2.24) is 0 Å². The van der Waals surface area contributed by atoms with Crippen LogP contribution in [0.15, 0.2) is 12.8 Å². The van der Waals surface area contributed by atoms with Crippen LogP contribution in [0.1, 0.15) is 58.3 Å². The molecule has 84 valence electrons. The molecule has 0 aromatic heterocycles. The van der Waals surface area contributed by atoms with Gasteiger partial charge in [0.25, 0.3) is 0 Å². The molecule has 0 aliphatic heterocycles. The van der Waals surface area contributed by atoms with E-state index in [0.717, 1.165) is 12.8 Å². The molecule has 0 rings (SSSR count). The summed E-state index contributed by atoms with van der Waals surface area (Å²) in [5.41, 5.74) is 0. The van der Waals surface area contributed by atoms with Gasteiger partial charge in [-0.25, -0.2) is 0 Å². The Hall–Kier alpha value is -0.500. The number of ether oxygens (including phenoxy) is 1. The van der Waals surface area contributed by atoms with Crippen LogP contribution in [0.5, 0.6) is 0 Å². The van der Waals surface area contributed by atoms with Gasteiger partial charge in [0.15, 0.2) is 6.29 Å². The first-order valence-electron chi connectivity index (χ1n) is 5.75. The van der Waals surface area contributed by atoms with Crippen LogP contribution in [-0.4, -0.2) is 11.4 Å². The molecule has 0 spiro atoms. The maximum atomic E-state index is 9.20. The minimum absolute atomic E-state index is 0.650. The van der Waals surface area contributed by atoms with E-state index in [2.05, 4.69) is 13.5 Å². The van der Waals surface area contributed by atoms with E-state index in [4.69, 9.17) is 4.74 Å². The van der Waals surface area contributed by atoms with Crippen LogP contribution < -0.4 is 0 Å². The molecule has 0 amide bonds. The highest BCUT2D eigenvalue weighted by atomic mass is 16.6. The molecule has 0 aliphatic carbocycles. The first-order chi connectivity index (χ1) is 6.81. The van der Waals surface area contributed by atoms with Crippen molar-refractivity contribution in [2.24, 2.45) is 0 Å². The largest absolute Gasteiger partial charge is 0.473 e. The lowest BCUT2D eigenvalue weighted by Gasteiger charge is -2.08. The number of aliphatic hydroxyl groups excluding tert-OH is 1. The fourth-order valence-electron chi connectivity index (χ4n) is 1.46. The van der Waals surface area contributed by atoms with Crippen molar-refractivity contribution < 1.29 is 9.84 Å². The van der Waals surface area contributed by atoms with Gasteiger partial charge in [-0.05, 0) is 6.42 Å². The second-order valence-corrected chi connectivity index (χ2v) is 3.67. The van der Waals surface area contributed by atoms with E-state index in [1.807, 2.05) is 0 Å². The number of hydrogen-bond acceptors (Lipinski definition) is 2. The molecule has 0 aromatic rings. The SMILES string of the molecule is C=COC(O)CCCCCCCCC. The monoisotopic (exact) mass is 200 g/mol. The zero-order chi connectivity index (χ0) is 10.6. The van der Waals surface area contributed by atoms with E-state index in [-0.39, 0.29) is 0 Å². The Labute approximate surface area is 88.0 Å². The van der Waals surface area contributed by atoms with Gasteiger partial charge in [0.2, 0.25) is 0 Å². The summed E-state index contributed by atoms with van der Waals surface area (Å²) in [7, 11) is 0. The fraction of sp³-hybridized carbons (Fsp3) is 0.833. The van der Waals surface area contributed by atoms with Gasteiger partial charge in [-0.15, -0.1) is 0 Å². The van der Waals surface area contributed by atoms with E-state index in [0.29, 0.717) is 0 Å². The highest BCUT2D eigenvalue weighted by Crippen LogP contribution is 2.10. The van der Waals surface area contributed by atoms with Crippen molar-refractivity contribution in [2.75, 3.05) is 0 Å². The van der Waals surface area contributed by atoms with Gasteiger partial charge >= 0.3 is 0 Å². The number of unbranched alkanes of at least 4 members (excludes halogenated alkanes) is 6. The molecular formula is C12H24O2. The topological polar surface area (TPSA) is 29.5 Å². The highest BCUT2D eigenvalue weighted by molar-refractivity contribution is 4.53. The van der Waals surface area contributed by atoms with Crippen molar-refractivity contribution in [2.45, 2.75) is 64.6 Å². The van der Waals surface area contributed by atoms with Crippen LogP contribution in [0.4, 0.5) is 0 Å². The number of hydrogen-bond donors (Lipinski definition) is 1. The maximum Gasteiger partial charge on any atom is 0.196 e. The van der Waals surface area contributed by atoms with Crippen molar-refractivity contribution in [3.8, 4) is 0 Å². The maximum absolute atomic E-state index is 9.20. The predicted molar refractivity (Wildman–Crippen MR) is 59.9 cm³/mol. The fourth-order valence-corrected chi connectivity index (χ4v) is 1.46. The van der Waals surface area contributed by atoms with Gasteiger partial charge in [-0.2, -0.15) is 0 Å². The first-order valence-corrected chi connectivity index (χ1v) is 5.75. The highest BCUT2D eigenvalue weighted by Gasteiger charge is 2.00. The summed E-state index contributed by atoms with van der Waals surface area (Å²) >= 11 is 0. The van der Waals surface area contributed by atoms with Crippen molar-refractivity contribution in [3.63, 3.8) is 0 Å². The van der Waals surface area contributed by atoms with Crippen molar-refractivity contribution in [3.05, 3.63) is 12.8 Å². The summed E-state index contributed by atoms with van der Waals surface area (Å²) in [5, 5.41) is 9.20. The van der Waals surface area contributed by atoms with Crippen LogP contribution in [0.2, 0.25) is 0 Å². The Morgan fingerprint density at radius 3 is 2.29 bits per heavy atom. The second kappa shape index (κ2) is 10.6. The third kappa shape index (κ3) is 9.59. The first kappa shape index (κ1) is 13.5. The van der Waals surface area contributed by atoms with Gasteiger partial charge in [0.1, 0.15) is 0 Å². The molecule has 0 bridgehead atoms. The molecule has 0 saturated carbocycles. The van der Waals surface area contributed by atoms with Gasteiger partial charge in [0, 0.05) is 6.42 Å². The zero-order valence-corrected chi connectivity index (χ0v) is 9.37. The van der Waals surface area contributed by atoms with Crippen molar-refractivity contribution in [1.29, 1.82) is 0 Å². The molecule has 14 heavy (non-hydrogen) atoms. The number of aliphatic hydroxyl groups is 1. The number of rotatable bonds is 10. The average Bonchev–Trinajstić information content (AvgIpc) is 2.17. The Morgan fingerprint density at radius 2 is 1.71 bits per heavy atom. The van der Waals surface area contributed by atoms with E-state index in [1.165, 1.54) is 44.8 Å². The standard InChI is InChI=1S/C12H24O2/c1-3-5-6-7-8-9-10-11-12(13)14-4-2/h4,12-13H,2-3,5-11H2,1H3. The third-order valence-corrected chi connectivity index (χ3v) is 2.31. The molecule has 2 nitrogen and oxygen atoms in total. The molecular weight excluding hydrogens is 176 g/mol. The summed E-state index contributed by atoms with van der Waals surface area (Å²) in [6.07, 6.45) is 10.2. The van der Waals surface area contributed by atoms with Gasteiger partial charge in [-0.1, -0.05) is 52.0 Å². The lowest BCUT2D eigenvalue weighted by molar-refractivity contribution is -0.0569. The smallest absolute Gasteiger partial charge is 0.196 e. The van der Waals surface area contributed by atoms with E-state index in [9.17, 15) is 5.11 Å². The molecule has 1 unspecified atom stereocenters.